The summed E-state index contributed by atoms with van der Waals surface area (Å²) in [7, 11) is -2.32. The van der Waals surface area contributed by atoms with Gasteiger partial charge in [-0.1, -0.05) is 34.1 Å². The molecule has 3 rings (SSSR count). The van der Waals surface area contributed by atoms with E-state index < -0.39 is 7.14 Å². The number of halogens is 1. The summed E-state index contributed by atoms with van der Waals surface area (Å²) < 4.78 is 13.1. The molecule has 2 aromatic carbocycles. The molecule has 1 aliphatic heterocycles. The molecule has 3 nitrogen and oxygen atoms in total. The second kappa shape index (κ2) is 5.53. The molecule has 112 valence electrons. The predicted molar refractivity (Wildman–Crippen MR) is 96.2 cm³/mol. The van der Waals surface area contributed by atoms with Gasteiger partial charge in [0.2, 0.25) is 0 Å². The molecule has 5 heteroatoms. The summed E-state index contributed by atoms with van der Waals surface area (Å²) in [5, 5.41) is 3.67. The van der Waals surface area contributed by atoms with Crippen LogP contribution >= 0.6 is 23.1 Å². The van der Waals surface area contributed by atoms with Crippen LogP contribution < -0.4 is 10.6 Å². The van der Waals surface area contributed by atoms with Crippen LogP contribution in [0, 0.1) is 0 Å². The first kappa shape index (κ1) is 15.3. The number of benzene rings is 2. The minimum atomic E-state index is -2.32. The van der Waals surface area contributed by atoms with Crippen molar-refractivity contribution >= 4 is 51.6 Å². The molecule has 0 atom stereocenters. The molecule has 1 aliphatic rings. The summed E-state index contributed by atoms with van der Waals surface area (Å²) in [5.41, 5.74) is 3.18. The minimum Gasteiger partial charge on any atom is -0.321 e. The normalized spacial score (nSPS) is 15.8. The van der Waals surface area contributed by atoms with Crippen molar-refractivity contribution in [3.63, 3.8) is 0 Å². The Bertz CT molecular complexity index is 851. The highest BCUT2D eigenvalue weighted by Gasteiger charge is 2.24. The van der Waals surface area contributed by atoms with E-state index in [0.717, 1.165) is 26.6 Å². The van der Waals surface area contributed by atoms with Crippen molar-refractivity contribution < 1.29 is 9.36 Å². The van der Waals surface area contributed by atoms with Crippen LogP contribution in [0.3, 0.4) is 0 Å². The first-order valence-electron chi connectivity index (χ1n) is 6.83. The van der Waals surface area contributed by atoms with E-state index >= 15 is 0 Å². The van der Waals surface area contributed by atoms with E-state index in [4.69, 9.17) is 0 Å². The van der Waals surface area contributed by atoms with E-state index in [1.54, 1.807) is 13.3 Å². The van der Waals surface area contributed by atoms with Gasteiger partial charge in [-0.15, -0.1) is 0 Å². The lowest BCUT2D eigenvalue weighted by molar-refractivity contribution is -0.110. The third-order valence-electron chi connectivity index (χ3n) is 3.57. The van der Waals surface area contributed by atoms with Gasteiger partial charge in [0, 0.05) is 26.6 Å². The third-order valence-corrected chi connectivity index (χ3v) is 5.58. The number of hydrogen-bond acceptors (Lipinski definition) is 2. The molecule has 0 radical (unpaired) electrons. The second-order valence-electron chi connectivity index (χ2n) is 5.65. The maximum atomic E-state index is 12.2. The van der Waals surface area contributed by atoms with Gasteiger partial charge in [0.05, 0.1) is 0 Å². The van der Waals surface area contributed by atoms with Gasteiger partial charge in [0.25, 0.3) is 5.91 Å². The topological polar surface area (TPSA) is 46.2 Å². The molecule has 0 aromatic heterocycles. The maximum Gasteiger partial charge on any atom is 0.256 e. The molecule has 0 aliphatic carbocycles. The fourth-order valence-electron chi connectivity index (χ4n) is 2.42. The smallest absolute Gasteiger partial charge is 0.256 e. The van der Waals surface area contributed by atoms with Gasteiger partial charge in [-0.2, -0.15) is 0 Å². The van der Waals surface area contributed by atoms with Crippen molar-refractivity contribution in [1.29, 1.82) is 0 Å². The van der Waals surface area contributed by atoms with E-state index in [1.165, 1.54) is 0 Å². The lowest BCUT2D eigenvalue weighted by atomic mass is 10.0. The zero-order valence-corrected chi connectivity index (χ0v) is 14.7. The molecule has 22 heavy (non-hydrogen) atoms. The Labute approximate surface area is 137 Å². The monoisotopic (exact) mass is 375 g/mol. The van der Waals surface area contributed by atoms with Gasteiger partial charge in [-0.3, -0.25) is 4.79 Å². The molecular formula is C17H15BrNO2P. The minimum absolute atomic E-state index is 0.116. The van der Waals surface area contributed by atoms with Crippen LogP contribution in [0.15, 0.2) is 46.9 Å². The lowest BCUT2D eigenvalue weighted by Crippen LogP contribution is -2.05. The fourth-order valence-corrected chi connectivity index (χ4v) is 3.69. The highest BCUT2D eigenvalue weighted by Crippen LogP contribution is 2.37. The zero-order chi connectivity index (χ0) is 15.9. The molecular weight excluding hydrogens is 361 g/mol. The Hall–Kier alpha value is -1.64. The van der Waals surface area contributed by atoms with E-state index in [9.17, 15) is 9.36 Å². The van der Waals surface area contributed by atoms with Crippen LogP contribution in [0.4, 0.5) is 5.69 Å². The lowest BCUT2D eigenvalue weighted by Gasteiger charge is -2.07. The summed E-state index contributed by atoms with van der Waals surface area (Å²) in [6.07, 6.45) is 1.84. The van der Waals surface area contributed by atoms with Gasteiger partial charge in [-0.05, 0) is 49.2 Å². The Kier molecular flexibility index (Phi) is 3.84. The summed E-state index contributed by atoms with van der Waals surface area (Å²) in [5.74, 6) is -0.116. The van der Waals surface area contributed by atoms with Gasteiger partial charge < -0.3 is 9.88 Å². The van der Waals surface area contributed by atoms with Crippen LogP contribution in [-0.4, -0.2) is 19.2 Å². The van der Waals surface area contributed by atoms with Gasteiger partial charge >= 0.3 is 0 Å². The number of carbonyl (C=O) groups excluding carboxylic acids is 1. The highest BCUT2D eigenvalue weighted by molar-refractivity contribution is 9.10. The highest BCUT2D eigenvalue weighted by atomic mass is 79.9. The number of rotatable bonds is 2. The molecule has 1 heterocycles. The molecule has 0 unspecified atom stereocenters. The number of amides is 1. The van der Waals surface area contributed by atoms with Crippen LogP contribution in [0.1, 0.15) is 11.1 Å². The summed E-state index contributed by atoms with van der Waals surface area (Å²) in [6.45, 7) is 3.49. The van der Waals surface area contributed by atoms with Crippen molar-refractivity contribution in [1.82, 2.24) is 0 Å². The van der Waals surface area contributed by atoms with Crippen molar-refractivity contribution in [3.05, 3.63) is 58.1 Å². The standard InChI is InChI=1S/C17H15BrNO2P/c1-22(2,21)13-5-3-4-11(8-13)9-15-14-10-12(18)6-7-16(14)19-17(15)20/h3-10H,1-2H3,(H,19,20). The Morgan fingerprint density at radius 2 is 1.91 bits per heavy atom. The number of hydrogen-bond donors (Lipinski definition) is 1. The van der Waals surface area contributed by atoms with Crippen molar-refractivity contribution in [3.8, 4) is 0 Å². The Morgan fingerprint density at radius 3 is 2.64 bits per heavy atom. The molecule has 0 fully saturated rings. The molecule has 0 spiro atoms. The number of fused-ring (bicyclic) bond motifs is 1. The van der Waals surface area contributed by atoms with Crippen molar-refractivity contribution in [2.45, 2.75) is 0 Å². The molecule has 0 saturated heterocycles. The maximum absolute atomic E-state index is 12.2. The van der Waals surface area contributed by atoms with Crippen LogP contribution in [-0.2, 0) is 9.36 Å². The zero-order valence-electron chi connectivity index (χ0n) is 12.3. The van der Waals surface area contributed by atoms with E-state index in [1.807, 2.05) is 48.5 Å². The van der Waals surface area contributed by atoms with Crippen LogP contribution in [0.5, 0.6) is 0 Å². The van der Waals surface area contributed by atoms with Gasteiger partial charge in [-0.25, -0.2) is 0 Å². The largest absolute Gasteiger partial charge is 0.321 e. The number of nitrogens with one attached hydrogen (secondary N) is 1. The molecule has 1 N–H and O–H groups in total. The third kappa shape index (κ3) is 2.94. The molecule has 2 aromatic rings. The fraction of sp³-hybridized carbons (Fsp3) is 0.118. The van der Waals surface area contributed by atoms with Crippen LogP contribution in [0.2, 0.25) is 0 Å². The van der Waals surface area contributed by atoms with Gasteiger partial charge in [0.1, 0.15) is 7.14 Å². The Balaban J connectivity index is 2.09. The predicted octanol–water partition coefficient (Wildman–Crippen LogP) is 4.19. The quantitative estimate of drug-likeness (QED) is 0.631. The van der Waals surface area contributed by atoms with E-state index in [2.05, 4.69) is 21.2 Å². The average Bonchev–Trinajstić information content (AvgIpc) is 2.75. The van der Waals surface area contributed by atoms with E-state index in [-0.39, 0.29) is 5.91 Å². The van der Waals surface area contributed by atoms with Crippen LogP contribution in [0.25, 0.3) is 11.6 Å². The van der Waals surface area contributed by atoms with Gasteiger partial charge in [0.15, 0.2) is 0 Å². The summed E-state index contributed by atoms with van der Waals surface area (Å²) in [4.78, 5) is 12.2. The summed E-state index contributed by atoms with van der Waals surface area (Å²) in [6, 6.07) is 13.2. The number of carbonyl (C=O) groups is 1. The van der Waals surface area contributed by atoms with Crippen molar-refractivity contribution in [2.24, 2.45) is 0 Å². The number of anilines is 1. The molecule has 0 bridgehead atoms. The first-order valence-corrected chi connectivity index (χ1v) is 10.2. The average molecular weight is 376 g/mol. The SMILES string of the molecule is CP(C)(=O)c1cccc(C=C2C(=O)Nc3ccc(Br)cc32)c1. The van der Waals surface area contributed by atoms with Crippen molar-refractivity contribution in [2.75, 3.05) is 18.6 Å². The molecule has 1 amide bonds. The van der Waals surface area contributed by atoms with E-state index in [0.29, 0.717) is 5.57 Å². The second-order valence-corrected chi connectivity index (χ2v) is 9.78. The first-order chi connectivity index (χ1) is 10.3. The summed E-state index contributed by atoms with van der Waals surface area (Å²) >= 11 is 3.43. The molecule has 0 saturated carbocycles. The Morgan fingerprint density at radius 1 is 1.14 bits per heavy atom.